The Kier molecular flexibility index (Phi) is 10.7. The van der Waals surface area contributed by atoms with Crippen LogP contribution in [0.3, 0.4) is 0 Å². The molecule has 0 aromatic heterocycles. The third-order valence-electron chi connectivity index (χ3n) is 3.31. The molecule has 0 spiro atoms. The molecule has 0 saturated heterocycles. The maximum Gasteiger partial charge on any atom is 0.0186 e. The fourth-order valence-corrected chi connectivity index (χ4v) is 3.68. The van der Waals surface area contributed by atoms with Gasteiger partial charge in [-0.25, -0.2) is 0 Å². The lowest BCUT2D eigenvalue weighted by Gasteiger charge is -2.03. The van der Waals surface area contributed by atoms with Gasteiger partial charge in [0, 0.05) is 9.37 Å². The van der Waals surface area contributed by atoms with Gasteiger partial charge in [0.05, 0.1) is 0 Å². The van der Waals surface area contributed by atoms with Gasteiger partial charge in [-0.2, -0.15) is 0 Å². The summed E-state index contributed by atoms with van der Waals surface area (Å²) >= 11 is 5.50. The smallest absolute Gasteiger partial charge is 0.0186 e. The van der Waals surface area contributed by atoms with Gasteiger partial charge >= 0.3 is 0 Å². The number of thioether (sulfide) groups is 1. The van der Waals surface area contributed by atoms with E-state index in [0.717, 1.165) is 0 Å². The number of hydrogen-bond acceptors (Lipinski definition) is 1. The second-order valence-corrected chi connectivity index (χ2v) is 7.22. The van der Waals surface area contributed by atoms with Crippen molar-refractivity contribution < 1.29 is 0 Å². The maximum absolute atomic E-state index is 3.52. The molecular formula is C17H27BrS. The van der Waals surface area contributed by atoms with Gasteiger partial charge < -0.3 is 0 Å². The Morgan fingerprint density at radius 2 is 1.53 bits per heavy atom. The van der Waals surface area contributed by atoms with E-state index in [9.17, 15) is 0 Å². The van der Waals surface area contributed by atoms with Crippen molar-refractivity contribution in [3.8, 4) is 0 Å². The highest BCUT2D eigenvalue weighted by atomic mass is 79.9. The zero-order valence-electron chi connectivity index (χ0n) is 12.2. The average Bonchev–Trinajstić information content (AvgIpc) is 2.41. The van der Waals surface area contributed by atoms with Gasteiger partial charge in [0.1, 0.15) is 0 Å². The largest absolute Gasteiger partial charge is 0.126 e. The molecule has 0 N–H and O–H groups in total. The van der Waals surface area contributed by atoms with E-state index < -0.39 is 0 Å². The number of hydrogen-bond donors (Lipinski definition) is 0. The van der Waals surface area contributed by atoms with Crippen molar-refractivity contribution in [3.05, 3.63) is 28.7 Å². The van der Waals surface area contributed by atoms with Crippen molar-refractivity contribution in [3.63, 3.8) is 0 Å². The third kappa shape index (κ3) is 9.56. The maximum atomic E-state index is 3.52. The van der Waals surface area contributed by atoms with Crippen LogP contribution < -0.4 is 0 Å². The zero-order chi connectivity index (χ0) is 13.8. The number of halogens is 1. The van der Waals surface area contributed by atoms with E-state index in [1.807, 2.05) is 11.8 Å². The van der Waals surface area contributed by atoms with Gasteiger partial charge in [0.2, 0.25) is 0 Å². The molecule has 0 saturated carbocycles. The van der Waals surface area contributed by atoms with Gasteiger partial charge in [0.25, 0.3) is 0 Å². The van der Waals surface area contributed by atoms with Crippen molar-refractivity contribution in [1.82, 2.24) is 0 Å². The molecule has 0 heterocycles. The summed E-state index contributed by atoms with van der Waals surface area (Å²) in [5, 5.41) is 0. The van der Waals surface area contributed by atoms with Crippen LogP contribution in [0.1, 0.15) is 64.7 Å². The Hall–Kier alpha value is 0.0500. The molecule has 0 radical (unpaired) electrons. The summed E-state index contributed by atoms with van der Waals surface area (Å²) in [6.45, 7) is 2.28. The minimum Gasteiger partial charge on any atom is -0.126 e. The topological polar surface area (TPSA) is 0 Å². The van der Waals surface area contributed by atoms with E-state index in [1.54, 1.807) is 0 Å². The van der Waals surface area contributed by atoms with Crippen molar-refractivity contribution in [1.29, 1.82) is 0 Å². The number of benzene rings is 1. The van der Waals surface area contributed by atoms with Gasteiger partial charge in [-0.05, 0) is 30.4 Å². The molecule has 0 atom stereocenters. The van der Waals surface area contributed by atoms with E-state index in [4.69, 9.17) is 0 Å². The lowest BCUT2D eigenvalue weighted by molar-refractivity contribution is 0.573. The average molecular weight is 343 g/mol. The van der Waals surface area contributed by atoms with E-state index in [2.05, 4.69) is 47.1 Å². The van der Waals surface area contributed by atoms with Crippen LogP contribution in [0.2, 0.25) is 0 Å². The monoisotopic (exact) mass is 342 g/mol. The molecule has 1 rings (SSSR count). The molecule has 108 valence electrons. The van der Waals surface area contributed by atoms with Gasteiger partial charge in [-0.3, -0.25) is 0 Å². The first-order chi connectivity index (χ1) is 9.33. The van der Waals surface area contributed by atoms with Gasteiger partial charge in [-0.1, -0.05) is 80.3 Å². The molecule has 0 nitrogen and oxygen atoms in total. The molecule has 1 aromatic carbocycles. The number of unbranched alkanes of at least 4 members (excludes halogenated alkanes) is 8. The molecule has 1 aromatic rings. The normalized spacial score (nSPS) is 10.8. The lowest BCUT2D eigenvalue weighted by atomic mass is 10.1. The molecule has 0 aliphatic carbocycles. The summed E-state index contributed by atoms with van der Waals surface area (Å²) in [4.78, 5) is 1.38. The predicted molar refractivity (Wildman–Crippen MR) is 92.1 cm³/mol. The van der Waals surface area contributed by atoms with Crippen LogP contribution in [0.15, 0.2) is 33.6 Å². The van der Waals surface area contributed by atoms with Crippen LogP contribution in [0.5, 0.6) is 0 Å². The van der Waals surface area contributed by atoms with E-state index in [1.165, 1.54) is 72.9 Å². The van der Waals surface area contributed by atoms with Crippen LogP contribution in [-0.2, 0) is 0 Å². The van der Waals surface area contributed by atoms with Crippen LogP contribution in [0.25, 0.3) is 0 Å². The van der Waals surface area contributed by atoms with Crippen molar-refractivity contribution in [2.45, 2.75) is 69.6 Å². The fourth-order valence-electron chi connectivity index (χ4n) is 2.16. The first-order valence-electron chi connectivity index (χ1n) is 7.71. The summed E-state index contributed by atoms with van der Waals surface area (Å²) in [5.74, 6) is 1.26. The Morgan fingerprint density at radius 1 is 0.895 bits per heavy atom. The standard InChI is InChI=1S/C17H27BrS/c1-2-3-4-5-6-7-8-9-10-14-19-17-13-11-12-16(18)15-17/h11-13,15H,2-10,14H2,1H3. The second-order valence-electron chi connectivity index (χ2n) is 5.13. The zero-order valence-corrected chi connectivity index (χ0v) is 14.6. The van der Waals surface area contributed by atoms with Crippen LogP contribution in [0, 0.1) is 0 Å². The highest BCUT2D eigenvalue weighted by Gasteiger charge is 1.96. The first-order valence-corrected chi connectivity index (χ1v) is 9.49. The molecule has 0 bridgehead atoms. The van der Waals surface area contributed by atoms with Gasteiger partial charge in [0.15, 0.2) is 0 Å². The first kappa shape index (κ1) is 17.1. The van der Waals surface area contributed by atoms with Crippen molar-refractivity contribution in [2.24, 2.45) is 0 Å². The van der Waals surface area contributed by atoms with E-state index in [0.29, 0.717) is 0 Å². The van der Waals surface area contributed by atoms with E-state index in [-0.39, 0.29) is 0 Å². The van der Waals surface area contributed by atoms with Crippen molar-refractivity contribution in [2.75, 3.05) is 5.75 Å². The summed E-state index contributed by atoms with van der Waals surface area (Å²) < 4.78 is 1.18. The quantitative estimate of drug-likeness (QED) is 0.306. The minimum atomic E-state index is 1.18. The highest BCUT2D eigenvalue weighted by Crippen LogP contribution is 2.23. The summed E-state index contributed by atoms with van der Waals surface area (Å²) in [6.07, 6.45) is 12.7. The molecule has 0 amide bonds. The summed E-state index contributed by atoms with van der Waals surface area (Å²) in [6, 6.07) is 8.60. The van der Waals surface area contributed by atoms with Gasteiger partial charge in [-0.15, -0.1) is 11.8 Å². The van der Waals surface area contributed by atoms with Crippen molar-refractivity contribution >= 4 is 27.7 Å². The molecule has 2 heteroatoms. The molecular weight excluding hydrogens is 316 g/mol. The summed E-state index contributed by atoms with van der Waals surface area (Å²) in [5.41, 5.74) is 0. The Labute approximate surface area is 131 Å². The molecule has 0 unspecified atom stereocenters. The van der Waals surface area contributed by atoms with Crippen LogP contribution >= 0.6 is 27.7 Å². The molecule has 0 aliphatic heterocycles. The third-order valence-corrected chi connectivity index (χ3v) is 4.89. The number of rotatable bonds is 11. The fraction of sp³-hybridized carbons (Fsp3) is 0.647. The lowest BCUT2D eigenvalue weighted by Crippen LogP contribution is -1.83. The second kappa shape index (κ2) is 11.8. The Morgan fingerprint density at radius 3 is 2.16 bits per heavy atom. The van der Waals surface area contributed by atoms with Crippen LogP contribution in [-0.4, -0.2) is 5.75 Å². The van der Waals surface area contributed by atoms with Crippen LogP contribution in [0.4, 0.5) is 0 Å². The highest BCUT2D eigenvalue weighted by molar-refractivity contribution is 9.10. The predicted octanol–water partition coefficient (Wildman–Crippen LogP) is 7.07. The Bertz CT molecular complexity index is 325. The molecule has 19 heavy (non-hydrogen) atoms. The van der Waals surface area contributed by atoms with E-state index >= 15 is 0 Å². The molecule has 0 fully saturated rings. The summed E-state index contributed by atoms with van der Waals surface area (Å²) in [7, 11) is 0. The SMILES string of the molecule is CCCCCCCCCCCSc1cccc(Br)c1. The minimum absolute atomic E-state index is 1.18. The molecule has 0 aliphatic rings. The Balaban J connectivity index is 1.89.